The van der Waals surface area contributed by atoms with Gasteiger partial charge in [0.2, 0.25) is 0 Å². The quantitative estimate of drug-likeness (QED) is 0.818. The van der Waals surface area contributed by atoms with Gasteiger partial charge in [-0.1, -0.05) is 12.8 Å². The van der Waals surface area contributed by atoms with Gasteiger partial charge < -0.3 is 5.73 Å². The van der Waals surface area contributed by atoms with Crippen LogP contribution in [-0.2, 0) is 6.42 Å². The Morgan fingerprint density at radius 2 is 2.13 bits per heavy atom. The summed E-state index contributed by atoms with van der Waals surface area (Å²) in [5, 5.41) is 0. The summed E-state index contributed by atoms with van der Waals surface area (Å²) in [5.41, 5.74) is 8.14. The maximum Gasteiger partial charge on any atom is 0.115 e. The van der Waals surface area contributed by atoms with Crippen LogP contribution in [0.5, 0.6) is 0 Å². The van der Waals surface area contributed by atoms with E-state index in [0.29, 0.717) is 5.92 Å². The van der Waals surface area contributed by atoms with E-state index in [4.69, 9.17) is 5.73 Å². The van der Waals surface area contributed by atoms with E-state index >= 15 is 0 Å². The van der Waals surface area contributed by atoms with Crippen molar-refractivity contribution >= 4 is 0 Å². The molecule has 82 valence electrons. The van der Waals surface area contributed by atoms with E-state index in [0.717, 1.165) is 19.4 Å². The Morgan fingerprint density at radius 1 is 1.33 bits per heavy atom. The van der Waals surface area contributed by atoms with E-state index in [1.807, 2.05) is 6.20 Å². The molecule has 2 N–H and O–H groups in total. The van der Waals surface area contributed by atoms with E-state index in [-0.39, 0.29) is 0 Å². The number of hydrogen-bond donors (Lipinski definition) is 1. The fourth-order valence-corrected chi connectivity index (χ4v) is 2.42. The second-order valence-electron chi connectivity index (χ2n) is 4.31. The third-order valence-electron chi connectivity index (χ3n) is 3.21. The van der Waals surface area contributed by atoms with Crippen LogP contribution in [0.4, 0.5) is 0 Å². The van der Waals surface area contributed by atoms with Crippen LogP contribution in [0.2, 0.25) is 0 Å². The highest BCUT2D eigenvalue weighted by Gasteiger charge is 2.20. The fourth-order valence-electron chi connectivity index (χ4n) is 2.42. The Balaban J connectivity index is 2.13. The predicted molar refractivity (Wildman–Crippen MR) is 60.6 cm³/mol. The second kappa shape index (κ2) is 5.21. The third kappa shape index (κ3) is 2.53. The van der Waals surface area contributed by atoms with Gasteiger partial charge in [-0.15, -0.1) is 0 Å². The van der Waals surface area contributed by atoms with E-state index in [1.54, 1.807) is 6.33 Å². The Kier molecular flexibility index (Phi) is 3.67. The van der Waals surface area contributed by atoms with Crippen molar-refractivity contribution in [3.05, 3.63) is 23.8 Å². The molecule has 0 aliphatic heterocycles. The van der Waals surface area contributed by atoms with Crippen molar-refractivity contribution in [1.29, 1.82) is 0 Å². The van der Waals surface area contributed by atoms with Crippen molar-refractivity contribution < 1.29 is 0 Å². The molecule has 0 atom stereocenters. The number of nitrogens with zero attached hydrogens (tertiary/aromatic N) is 2. The average Bonchev–Trinajstić information content (AvgIpc) is 2.80. The maximum atomic E-state index is 5.54. The topological polar surface area (TPSA) is 51.8 Å². The summed E-state index contributed by atoms with van der Waals surface area (Å²) in [5.74, 6) is 0.681. The van der Waals surface area contributed by atoms with Crippen molar-refractivity contribution in [3.63, 3.8) is 0 Å². The summed E-state index contributed by atoms with van der Waals surface area (Å²) >= 11 is 0. The van der Waals surface area contributed by atoms with E-state index in [2.05, 4.69) is 9.97 Å². The normalized spacial score (nSPS) is 17.1. The molecular formula is C12H19N3. The van der Waals surface area contributed by atoms with Crippen molar-refractivity contribution in [3.8, 4) is 0 Å². The molecule has 1 aliphatic rings. The van der Waals surface area contributed by atoms with Gasteiger partial charge in [-0.25, -0.2) is 9.97 Å². The first kappa shape index (κ1) is 10.6. The lowest BCUT2D eigenvalue weighted by Gasteiger charge is -2.12. The van der Waals surface area contributed by atoms with Crippen LogP contribution in [0, 0.1) is 0 Å². The number of nitrogens with two attached hydrogens (primary N) is 1. The Labute approximate surface area is 91.1 Å². The molecule has 1 saturated carbocycles. The smallest absolute Gasteiger partial charge is 0.115 e. The molecule has 1 aromatic rings. The first-order valence-electron chi connectivity index (χ1n) is 5.90. The van der Waals surface area contributed by atoms with Gasteiger partial charge in [0, 0.05) is 12.1 Å². The van der Waals surface area contributed by atoms with Crippen LogP contribution in [0.3, 0.4) is 0 Å². The Hall–Kier alpha value is -0.960. The molecule has 1 aliphatic carbocycles. The lowest BCUT2D eigenvalue weighted by Crippen LogP contribution is -2.06. The minimum Gasteiger partial charge on any atom is -0.330 e. The van der Waals surface area contributed by atoms with Crippen LogP contribution in [0.25, 0.3) is 0 Å². The van der Waals surface area contributed by atoms with E-state index in [1.165, 1.54) is 36.9 Å². The summed E-state index contributed by atoms with van der Waals surface area (Å²) in [6.07, 6.45) is 11.0. The van der Waals surface area contributed by atoms with Gasteiger partial charge in [0.05, 0.1) is 5.69 Å². The van der Waals surface area contributed by atoms with Crippen molar-refractivity contribution in [2.75, 3.05) is 6.54 Å². The molecular weight excluding hydrogens is 186 g/mol. The molecule has 0 bridgehead atoms. The zero-order valence-corrected chi connectivity index (χ0v) is 9.15. The Bertz CT molecular complexity index is 305. The molecule has 0 radical (unpaired) electrons. The standard InChI is InChI=1S/C12H19N3/c13-7-3-6-11-8-14-9-15-12(11)10-4-1-2-5-10/h8-10H,1-7,13H2. The highest BCUT2D eigenvalue weighted by Crippen LogP contribution is 2.34. The summed E-state index contributed by atoms with van der Waals surface area (Å²) < 4.78 is 0. The van der Waals surface area contributed by atoms with Crippen molar-refractivity contribution in [1.82, 2.24) is 9.97 Å². The molecule has 3 nitrogen and oxygen atoms in total. The molecule has 0 aromatic carbocycles. The second-order valence-corrected chi connectivity index (χ2v) is 4.31. The monoisotopic (exact) mass is 205 g/mol. The lowest BCUT2D eigenvalue weighted by molar-refractivity contribution is 0.672. The van der Waals surface area contributed by atoms with Crippen LogP contribution >= 0.6 is 0 Å². The molecule has 1 aromatic heterocycles. The van der Waals surface area contributed by atoms with Gasteiger partial charge in [-0.05, 0) is 37.8 Å². The molecule has 0 unspecified atom stereocenters. The van der Waals surface area contributed by atoms with Crippen molar-refractivity contribution in [2.45, 2.75) is 44.4 Å². The molecule has 1 heterocycles. The zero-order chi connectivity index (χ0) is 10.5. The molecule has 2 rings (SSSR count). The van der Waals surface area contributed by atoms with E-state index in [9.17, 15) is 0 Å². The van der Waals surface area contributed by atoms with Gasteiger partial charge >= 0.3 is 0 Å². The van der Waals surface area contributed by atoms with Gasteiger partial charge in [0.25, 0.3) is 0 Å². The predicted octanol–water partition coefficient (Wildman–Crippen LogP) is 2.03. The largest absolute Gasteiger partial charge is 0.330 e. The molecule has 0 spiro atoms. The van der Waals surface area contributed by atoms with Crippen LogP contribution < -0.4 is 5.73 Å². The highest BCUT2D eigenvalue weighted by atomic mass is 14.8. The van der Waals surface area contributed by atoms with Crippen LogP contribution in [0.15, 0.2) is 12.5 Å². The number of hydrogen-bond acceptors (Lipinski definition) is 3. The highest BCUT2D eigenvalue weighted by molar-refractivity contribution is 5.21. The van der Waals surface area contributed by atoms with Crippen LogP contribution in [0.1, 0.15) is 49.3 Å². The van der Waals surface area contributed by atoms with E-state index < -0.39 is 0 Å². The Morgan fingerprint density at radius 3 is 2.87 bits per heavy atom. The average molecular weight is 205 g/mol. The SMILES string of the molecule is NCCCc1cncnc1C1CCCC1. The number of aryl methyl sites for hydroxylation is 1. The van der Waals surface area contributed by atoms with Gasteiger partial charge in [0.1, 0.15) is 6.33 Å². The van der Waals surface area contributed by atoms with Crippen LogP contribution in [-0.4, -0.2) is 16.5 Å². The first-order chi connectivity index (χ1) is 7.42. The summed E-state index contributed by atoms with van der Waals surface area (Å²) in [6.45, 7) is 0.749. The third-order valence-corrected chi connectivity index (χ3v) is 3.21. The summed E-state index contributed by atoms with van der Waals surface area (Å²) in [6, 6.07) is 0. The van der Waals surface area contributed by atoms with Gasteiger partial charge in [-0.2, -0.15) is 0 Å². The van der Waals surface area contributed by atoms with Gasteiger partial charge in [-0.3, -0.25) is 0 Å². The molecule has 0 saturated heterocycles. The maximum absolute atomic E-state index is 5.54. The first-order valence-corrected chi connectivity index (χ1v) is 5.90. The lowest BCUT2D eigenvalue weighted by atomic mass is 9.97. The zero-order valence-electron chi connectivity index (χ0n) is 9.15. The summed E-state index contributed by atoms with van der Waals surface area (Å²) in [4.78, 5) is 8.58. The van der Waals surface area contributed by atoms with Crippen molar-refractivity contribution in [2.24, 2.45) is 5.73 Å². The van der Waals surface area contributed by atoms with Gasteiger partial charge in [0.15, 0.2) is 0 Å². The molecule has 0 amide bonds. The number of aromatic nitrogens is 2. The molecule has 1 fully saturated rings. The number of rotatable bonds is 4. The minimum absolute atomic E-state index is 0.681. The molecule has 15 heavy (non-hydrogen) atoms. The summed E-state index contributed by atoms with van der Waals surface area (Å²) in [7, 11) is 0. The minimum atomic E-state index is 0.681. The fraction of sp³-hybridized carbons (Fsp3) is 0.667. The molecule has 3 heteroatoms.